The third-order valence-electron chi connectivity index (χ3n) is 7.48. The Kier molecular flexibility index (Phi) is 7.06. The second-order valence-electron chi connectivity index (χ2n) is 9.50. The molecule has 1 aromatic heterocycles. The van der Waals surface area contributed by atoms with Gasteiger partial charge in [0, 0.05) is 38.1 Å². The third kappa shape index (κ3) is 5.29. The summed E-state index contributed by atoms with van der Waals surface area (Å²) < 4.78 is 0. The van der Waals surface area contributed by atoms with Crippen molar-refractivity contribution in [3.63, 3.8) is 0 Å². The first kappa shape index (κ1) is 21.0. The lowest BCUT2D eigenvalue weighted by Gasteiger charge is -2.42. The molecule has 3 fully saturated rings. The zero-order valence-corrected chi connectivity index (χ0v) is 18.9. The van der Waals surface area contributed by atoms with Gasteiger partial charge in [0.05, 0.1) is 0 Å². The molecule has 0 radical (unpaired) electrons. The molecule has 0 bridgehead atoms. The summed E-state index contributed by atoms with van der Waals surface area (Å²) >= 11 is 1.56. The molecule has 4 rings (SSSR count). The largest absolute Gasteiger partial charge is 0.324 e. The summed E-state index contributed by atoms with van der Waals surface area (Å²) in [6, 6.07) is 1.05. The molecule has 1 aliphatic heterocycles. The molecule has 0 atom stereocenters. The summed E-state index contributed by atoms with van der Waals surface area (Å²) in [4.78, 5) is 17.3. The van der Waals surface area contributed by atoms with Crippen LogP contribution in [0.4, 0.5) is 9.93 Å². The summed E-state index contributed by atoms with van der Waals surface area (Å²) in [6.07, 6.45) is 13.9. The monoisotopic (exact) mass is 419 g/mol. The predicted octanol–water partition coefficient (Wildman–Crippen LogP) is 5.09. The highest BCUT2D eigenvalue weighted by Crippen LogP contribution is 2.35. The molecule has 0 spiro atoms. The number of aromatic nitrogens is 2. The zero-order valence-electron chi connectivity index (χ0n) is 18.1. The van der Waals surface area contributed by atoms with Gasteiger partial charge in [-0.15, -0.1) is 10.2 Å². The first-order chi connectivity index (χ1) is 14.1. The van der Waals surface area contributed by atoms with E-state index in [9.17, 15) is 4.79 Å². The molecular weight excluding hydrogens is 382 g/mol. The van der Waals surface area contributed by atoms with Crippen LogP contribution in [0.3, 0.4) is 0 Å². The number of piperidine rings is 1. The maximum atomic E-state index is 12.8. The maximum Gasteiger partial charge on any atom is 0.323 e. The van der Waals surface area contributed by atoms with Gasteiger partial charge in [0.25, 0.3) is 0 Å². The first-order valence-electron chi connectivity index (χ1n) is 11.7. The molecule has 0 unspecified atom stereocenters. The van der Waals surface area contributed by atoms with Crippen molar-refractivity contribution in [2.45, 2.75) is 95.6 Å². The number of carbonyl (C=O) groups is 1. The smallest absolute Gasteiger partial charge is 0.323 e. The van der Waals surface area contributed by atoms with E-state index in [1.165, 1.54) is 57.8 Å². The van der Waals surface area contributed by atoms with Crippen LogP contribution in [0.25, 0.3) is 0 Å². The summed E-state index contributed by atoms with van der Waals surface area (Å²) in [5.41, 5.74) is 0. The van der Waals surface area contributed by atoms with Crippen molar-refractivity contribution in [3.05, 3.63) is 5.01 Å². The fraction of sp³-hybridized carbons (Fsp3) is 0.864. The molecule has 0 aromatic carbocycles. The standard InChI is InChI=1S/C22H37N5OS/c1-16-8-10-19(11-9-16)27-14-12-18(13-15-27)26(2)22(28)23-21-25-24-20(29-21)17-6-4-3-5-7-17/h16-19H,3-15H2,1-2H3,(H,23,25,28). The van der Waals surface area contributed by atoms with Crippen LogP contribution in [0.5, 0.6) is 0 Å². The van der Waals surface area contributed by atoms with Crippen LogP contribution in [-0.2, 0) is 0 Å². The SMILES string of the molecule is CC1CCC(N2CCC(N(C)C(=O)Nc3nnc(C4CCCCC4)s3)CC2)CC1. The Morgan fingerprint density at radius 3 is 2.38 bits per heavy atom. The second-order valence-corrected chi connectivity index (χ2v) is 10.5. The highest BCUT2D eigenvalue weighted by atomic mass is 32.1. The van der Waals surface area contributed by atoms with Crippen LogP contribution in [0, 0.1) is 5.92 Å². The number of nitrogens with one attached hydrogen (secondary N) is 1. The van der Waals surface area contributed by atoms with Gasteiger partial charge in [-0.2, -0.15) is 0 Å². The second kappa shape index (κ2) is 9.73. The quantitative estimate of drug-likeness (QED) is 0.738. The molecule has 1 aromatic rings. The molecule has 2 aliphatic carbocycles. The van der Waals surface area contributed by atoms with Crippen LogP contribution in [0.2, 0.25) is 0 Å². The van der Waals surface area contributed by atoms with Gasteiger partial charge >= 0.3 is 6.03 Å². The molecule has 2 amide bonds. The van der Waals surface area contributed by atoms with Crippen molar-refractivity contribution in [2.24, 2.45) is 5.92 Å². The highest BCUT2D eigenvalue weighted by molar-refractivity contribution is 7.15. The first-order valence-corrected chi connectivity index (χ1v) is 12.5. The molecule has 3 aliphatic rings. The Hall–Kier alpha value is -1.21. The van der Waals surface area contributed by atoms with E-state index in [-0.39, 0.29) is 6.03 Å². The van der Waals surface area contributed by atoms with Crippen LogP contribution in [0.15, 0.2) is 0 Å². The summed E-state index contributed by atoms with van der Waals surface area (Å²) in [5.74, 6) is 1.44. The molecule has 1 saturated heterocycles. The van der Waals surface area contributed by atoms with Gasteiger partial charge in [-0.05, 0) is 57.3 Å². The summed E-state index contributed by atoms with van der Waals surface area (Å²) in [5, 5.41) is 13.3. The molecule has 162 valence electrons. The molecule has 2 heterocycles. The number of rotatable bonds is 4. The van der Waals surface area contributed by atoms with E-state index in [1.54, 1.807) is 11.3 Å². The average Bonchev–Trinajstić information content (AvgIpc) is 3.23. The Morgan fingerprint density at radius 2 is 1.69 bits per heavy atom. The van der Waals surface area contributed by atoms with Gasteiger partial charge in [0.2, 0.25) is 5.13 Å². The molecule has 1 N–H and O–H groups in total. The number of hydrogen-bond acceptors (Lipinski definition) is 5. The van der Waals surface area contributed by atoms with Gasteiger partial charge in [-0.25, -0.2) is 4.79 Å². The van der Waals surface area contributed by atoms with Crippen molar-refractivity contribution in [1.29, 1.82) is 0 Å². The molecule has 2 saturated carbocycles. The normalized spacial score (nSPS) is 27.7. The van der Waals surface area contributed by atoms with Crippen molar-refractivity contribution in [2.75, 3.05) is 25.5 Å². The van der Waals surface area contributed by atoms with Crippen LogP contribution in [-0.4, -0.2) is 58.2 Å². The van der Waals surface area contributed by atoms with Gasteiger partial charge in [0.1, 0.15) is 5.01 Å². The van der Waals surface area contributed by atoms with Gasteiger partial charge in [-0.3, -0.25) is 5.32 Å². The average molecular weight is 420 g/mol. The van der Waals surface area contributed by atoms with Crippen molar-refractivity contribution in [1.82, 2.24) is 20.0 Å². The van der Waals surface area contributed by atoms with Crippen LogP contribution in [0.1, 0.15) is 88.5 Å². The zero-order chi connectivity index (χ0) is 20.2. The molecular formula is C22H37N5OS. The number of likely N-dealkylation sites (tertiary alicyclic amines) is 1. The Labute approximate surface area is 179 Å². The number of urea groups is 1. The highest BCUT2D eigenvalue weighted by Gasteiger charge is 2.31. The van der Waals surface area contributed by atoms with E-state index in [0.717, 1.165) is 42.9 Å². The maximum absolute atomic E-state index is 12.8. The van der Waals surface area contributed by atoms with E-state index >= 15 is 0 Å². The van der Waals surface area contributed by atoms with E-state index in [0.29, 0.717) is 17.1 Å². The minimum Gasteiger partial charge on any atom is -0.324 e. The van der Waals surface area contributed by atoms with Gasteiger partial charge in [-0.1, -0.05) is 37.5 Å². The van der Waals surface area contributed by atoms with Crippen LogP contribution < -0.4 is 5.32 Å². The van der Waals surface area contributed by atoms with Crippen LogP contribution >= 0.6 is 11.3 Å². The number of nitrogens with zero attached hydrogens (tertiary/aromatic N) is 4. The van der Waals surface area contributed by atoms with Crippen molar-refractivity contribution >= 4 is 22.5 Å². The lowest BCUT2D eigenvalue weighted by atomic mass is 9.85. The number of hydrogen-bond donors (Lipinski definition) is 1. The molecule has 7 heteroatoms. The Bertz CT molecular complexity index is 658. The third-order valence-corrected chi connectivity index (χ3v) is 8.48. The van der Waals surface area contributed by atoms with Crippen molar-refractivity contribution < 1.29 is 4.79 Å². The topological polar surface area (TPSA) is 61.4 Å². The van der Waals surface area contributed by atoms with E-state index in [2.05, 4.69) is 27.3 Å². The minimum atomic E-state index is -0.0405. The Balaban J connectivity index is 1.24. The van der Waals surface area contributed by atoms with E-state index < -0.39 is 0 Å². The minimum absolute atomic E-state index is 0.0405. The number of amides is 2. The molecule has 6 nitrogen and oxygen atoms in total. The van der Waals surface area contributed by atoms with E-state index in [4.69, 9.17) is 0 Å². The molecule has 29 heavy (non-hydrogen) atoms. The summed E-state index contributed by atoms with van der Waals surface area (Å²) in [6.45, 7) is 4.62. The van der Waals surface area contributed by atoms with Gasteiger partial charge in [0.15, 0.2) is 0 Å². The lowest BCUT2D eigenvalue weighted by molar-refractivity contribution is 0.0844. The lowest BCUT2D eigenvalue weighted by Crippen LogP contribution is -2.50. The summed E-state index contributed by atoms with van der Waals surface area (Å²) in [7, 11) is 1.93. The number of anilines is 1. The fourth-order valence-corrected chi connectivity index (χ4v) is 6.29. The Morgan fingerprint density at radius 1 is 1.00 bits per heavy atom. The van der Waals surface area contributed by atoms with Gasteiger partial charge < -0.3 is 9.80 Å². The van der Waals surface area contributed by atoms with Crippen molar-refractivity contribution in [3.8, 4) is 0 Å². The predicted molar refractivity (Wildman–Crippen MR) is 119 cm³/mol. The number of carbonyl (C=O) groups excluding carboxylic acids is 1. The van der Waals surface area contributed by atoms with E-state index in [1.807, 2.05) is 11.9 Å². The fourth-order valence-electron chi connectivity index (χ4n) is 5.39.